The average Bonchev–Trinajstić information content (AvgIpc) is 2.74. The number of aromatic nitrogens is 2. The smallest absolute Gasteiger partial charge is 0.280 e. The molecule has 2 rings (SSSR count). The summed E-state index contributed by atoms with van der Waals surface area (Å²) < 4.78 is 6.43. The second-order valence-corrected chi connectivity index (χ2v) is 5.09. The Labute approximate surface area is 128 Å². The summed E-state index contributed by atoms with van der Waals surface area (Å²) in [5.74, 6) is 0. The van der Waals surface area contributed by atoms with Crippen LogP contribution in [0.5, 0.6) is 0 Å². The number of aromatic amines is 1. The lowest BCUT2D eigenvalue weighted by molar-refractivity contribution is 0.197. The minimum Gasteiger partial charge on any atom is -0.385 e. The fraction of sp³-hybridized carbons (Fsp3) is 0.333. The first-order valence-corrected chi connectivity index (χ1v) is 7.07. The largest absolute Gasteiger partial charge is 0.385 e. The molecule has 1 N–H and O–H groups in total. The highest BCUT2D eigenvalue weighted by Crippen LogP contribution is 2.13. The number of aliphatic imine (C=N–C) groups is 1. The van der Waals surface area contributed by atoms with E-state index in [0.29, 0.717) is 29.4 Å². The van der Waals surface area contributed by atoms with Crippen LogP contribution in [-0.2, 0) is 4.74 Å². The zero-order valence-corrected chi connectivity index (χ0v) is 12.9. The Morgan fingerprint density at radius 3 is 3.00 bits per heavy atom. The number of halogens is 1. The Kier molecular flexibility index (Phi) is 5.36. The van der Waals surface area contributed by atoms with Gasteiger partial charge in [0.2, 0.25) is 0 Å². The summed E-state index contributed by atoms with van der Waals surface area (Å²) in [5, 5.41) is 3.62. The van der Waals surface area contributed by atoms with Crippen molar-refractivity contribution in [3.63, 3.8) is 0 Å². The first-order valence-electron chi connectivity index (χ1n) is 6.70. The van der Waals surface area contributed by atoms with Gasteiger partial charge in [-0.3, -0.25) is 14.9 Å². The van der Waals surface area contributed by atoms with Crippen LogP contribution in [0.15, 0.2) is 34.1 Å². The summed E-state index contributed by atoms with van der Waals surface area (Å²) in [5.41, 5.74) is 1.91. The third-order valence-corrected chi connectivity index (χ3v) is 3.27. The number of hydrogen-bond donors (Lipinski definition) is 1. The fourth-order valence-electron chi connectivity index (χ4n) is 1.96. The molecule has 0 atom stereocenters. The zero-order chi connectivity index (χ0) is 15.2. The maximum atomic E-state index is 12.4. The van der Waals surface area contributed by atoms with E-state index in [2.05, 4.69) is 10.1 Å². The Morgan fingerprint density at radius 1 is 1.48 bits per heavy atom. The standard InChI is InChI=1S/C15H18ClN3O2/c1-11-14(10-17-7-4-8-21-2)15(20)19(18-11)13-6-3-5-12(16)9-13/h3,5-6,9-10,18H,4,7-8H2,1-2H3. The highest BCUT2D eigenvalue weighted by Gasteiger charge is 2.10. The molecule has 0 bridgehead atoms. The van der Waals surface area contributed by atoms with Crippen molar-refractivity contribution in [3.05, 3.63) is 50.9 Å². The first-order chi connectivity index (χ1) is 10.1. The van der Waals surface area contributed by atoms with Crippen molar-refractivity contribution in [1.82, 2.24) is 9.78 Å². The number of hydrogen-bond acceptors (Lipinski definition) is 3. The number of benzene rings is 1. The summed E-state index contributed by atoms with van der Waals surface area (Å²) in [6.07, 6.45) is 2.45. The number of methoxy groups -OCH3 is 1. The van der Waals surface area contributed by atoms with Crippen molar-refractivity contribution in [1.29, 1.82) is 0 Å². The van der Waals surface area contributed by atoms with E-state index < -0.39 is 0 Å². The molecule has 1 aromatic carbocycles. The summed E-state index contributed by atoms with van der Waals surface area (Å²) in [4.78, 5) is 16.7. The Morgan fingerprint density at radius 2 is 2.29 bits per heavy atom. The Bertz CT molecular complexity index is 688. The van der Waals surface area contributed by atoms with Crippen LogP contribution in [0.3, 0.4) is 0 Å². The van der Waals surface area contributed by atoms with Gasteiger partial charge in [-0.05, 0) is 31.5 Å². The predicted molar refractivity (Wildman–Crippen MR) is 85.1 cm³/mol. The lowest BCUT2D eigenvalue weighted by atomic mass is 10.3. The molecule has 0 aliphatic heterocycles. The SMILES string of the molecule is COCCCN=Cc1c(C)[nH]n(-c2cccc(Cl)c2)c1=O. The van der Waals surface area contributed by atoms with Crippen LogP contribution in [0.2, 0.25) is 5.02 Å². The summed E-state index contributed by atoms with van der Waals surface area (Å²) in [7, 11) is 1.66. The predicted octanol–water partition coefficient (Wildman–Crippen LogP) is 2.58. The van der Waals surface area contributed by atoms with Gasteiger partial charge in [-0.1, -0.05) is 17.7 Å². The second-order valence-electron chi connectivity index (χ2n) is 4.65. The van der Waals surface area contributed by atoms with Gasteiger partial charge in [0, 0.05) is 37.2 Å². The fourth-order valence-corrected chi connectivity index (χ4v) is 2.15. The third kappa shape index (κ3) is 3.83. The van der Waals surface area contributed by atoms with Crippen molar-refractivity contribution in [3.8, 4) is 5.69 Å². The molecule has 21 heavy (non-hydrogen) atoms. The van der Waals surface area contributed by atoms with Crippen LogP contribution in [-0.4, -0.2) is 36.3 Å². The molecular formula is C15H18ClN3O2. The van der Waals surface area contributed by atoms with Gasteiger partial charge in [0.15, 0.2) is 0 Å². The van der Waals surface area contributed by atoms with Crippen LogP contribution >= 0.6 is 11.6 Å². The van der Waals surface area contributed by atoms with E-state index in [0.717, 1.165) is 12.1 Å². The molecule has 1 heterocycles. The Hall–Kier alpha value is -1.85. The Balaban J connectivity index is 2.24. The van der Waals surface area contributed by atoms with Gasteiger partial charge < -0.3 is 4.74 Å². The van der Waals surface area contributed by atoms with Crippen molar-refractivity contribution >= 4 is 17.8 Å². The van der Waals surface area contributed by atoms with E-state index in [-0.39, 0.29) is 5.56 Å². The van der Waals surface area contributed by atoms with Crippen LogP contribution < -0.4 is 5.56 Å². The minimum atomic E-state index is -0.134. The lowest BCUT2D eigenvalue weighted by Gasteiger charge is -2.01. The van der Waals surface area contributed by atoms with Gasteiger partial charge in [-0.15, -0.1) is 0 Å². The molecule has 1 aromatic heterocycles. The molecule has 0 fully saturated rings. The maximum absolute atomic E-state index is 12.4. The van der Waals surface area contributed by atoms with E-state index in [1.165, 1.54) is 4.68 Å². The van der Waals surface area contributed by atoms with Crippen molar-refractivity contribution in [2.75, 3.05) is 20.3 Å². The van der Waals surface area contributed by atoms with Gasteiger partial charge in [-0.25, -0.2) is 4.68 Å². The summed E-state index contributed by atoms with van der Waals surface area (Å²) in [6.45, 7) is 3.14. The summed E-state index contributed by atoms with van der Waals surface area (Å²) >= 11 is 5.96. The third-order valence-electron chi connectivity index (χ3n) is 3.04. The van der Waals surface area contributed by atoms with Crippen LogP contribution in [0.1, 0.15) is 17.7 Å². The normalized spacial score (nSPS) is 11.4. The van der Waals surface area contributed by atoms with Crippen LogP contribution in [0.25, 0.3) is 5.69 Å². The zero-order valence-electron chi connectivity index (χ0n) is 12.1. The molecule has 5 nitrogen and oxygen atoms in total. The number of rotatable bonds is 6. The van der Waals surface area contributed by atoms with Gasteiger partial charge in [0.05, 0.1) is 11.3 Å². The molecule has 2 aromatic rings. The molecule has 112 valence electrons. The molecule has 0 amide bonds. The maximum Gasteiger partial charge on any atom is 0.280 e. The van der Waals surface area contributed by atoms with E-state index in [9.17, 15) is 4.79 Å². The highest BCUT2D eigenvalue weighted by molar-refractivity contribution is 6.30. The number of ether oxygens (including phenoxy) is 1. The molecule has 0 saturated carbocycles. The van der Waals surface area contributed by atoms with Gasteiger partial charge in [0.25, 0.3) is 5.56 Å². The first kappa shape index (κ1) is 15.5. The minimum absolute atomic E-state index is 0.134. The van der Waals surface area contributed by atoms with E-state index >= 15 is 0 Å². The van der Waals surface area contributed by atoms with Gasteiger partial charge in [0.1, 0.15) is 0 Å². The number of aryl methyl sites for hydroxylation is 1. The molecule has 0 unspecified atom stereocenters. The van der Waals surface area contributed by atoms with Crippen molar-refractivity contribution < 1.29 is 4.74 Å². The molecule has 0 saturated heterocycles. The number of nitrogens with zero attached hydrogens (tertiary/aromatic N) is 2. The van der Waals surface area contributed by atoms with E-state index in [1.54, 1.807) is 31.5 Å². The molecule has 0 aliphatic carbocycles. The average molecular weight is 308 g/mol. The molecule has 0 aliphatic rings. The lowest BCUT2D eigenvalue weighted by Crippen LogP contribution is -2.17. The monoisotopic (exact) mass is 307 g/mol. The number of nitrogens with one attached hydrogen (secondary N) is 1. The van der Waals surface area contributed by atoms with Crippen molar-refractivity contribution in [2.24, 2.45) is 4.99 Å². The molecule has 0 spiro atoms. The van der Waals surface area contributed by atoms with Crippen LogP contribution in [0.4, 0.5) is 0 Å². The molecule has 6 heteroatoms. The highest BCUT2D eigenvalue weighted by atomic mass is 35.5. The van der Waals surface area contributed by atoms with E-state index in [1.807, 2.05) is 13.0 Å². The number of H-pyrrole nitrogens is 1. The van der Waals surface area contributed by atoms with Crippen molar-refractivity contribution in [2.45, 2.75) is 13.3 Å². The van der Waals surface area contributed by atoms with Crippen LogP contribution in [0, 0.1) is 6.92 Å². The topological polar surface area (TPSA) is 59.4 Å². The quantitative estimate of drug-likeness (QED) is 0.658. The van der Waals surface area contributed by atoms with Gasteiger partial charge >= 0.3 is 0 Å². The molecule has 0 radical (unpaired) electrons. The summed E-state index contributed by atoms with van der Waals surface area (Å²) in [6, 6.07) is 7.13. The van der Waals surface area contributed by atoms with E-state index in [4.69, 9.17) is 16.3 Å². The van der Waals surface area contributed by atoms with Gasteiger partial charge in [-0.2, -0.15) is 0 Å². The molecular weight excluding hydrogens is 290 g/mol. The second kappa shape index (κ2) is 7.24.